The molecule has 1 heterocycles. The van der Waals surface area contributed by atoms with Crippen LogP contribution < -0.4 is 0 Å². The SMILES string of the molecule is CCOC(=O)/C=C/CSC1COC1. The Morgan fingerprint density at radius 2 is 2.46 bits per heavy atom. The molecule has 0 unspecified atom stereocenters. The fourth-order valence-electron chi connectivity index (χ4n) is 0.837. The van der Waals surface area contributed by atoms with Crippen LogP contribution in [0.1, 0.15) is 6.92 Å². The number of hydrogen-bond donors (Lipinski definition) is 0. The fraction of sp³-hybridized carbons (Fsp3) is 0.667. The topological polar surface area (TPSA) is 35.5 Å². The molecule has 1 fully saturated rings. The quantitative estimate of drug-likeness (QED) is 0.496. The van der Waals surface area contributed by atoms with Crippen molar-refractivity contribution in [3.8, 4) is 0 Å². The van der Waals surface area contributed by atoms with Crippen molar-refractivity contribution in [3.63, 3.8) is 0 Å². The second-order valence-corrected chi connectivity index (χ2v) is 3.98. The maximum absolute atomic E-state index is 10.8. The van der Waals surface area contributed by atoms with Gasteiger partial charge in [0.05, 0.1) is 25.1 Å². The minimum absolute atomic E-state index is 0.257. The monoisotopic (exact) mass is 202 g/mol. The summed E-state index contributed by atoms with van der Waals surface area (Å²) in [5.41, 5.74) is 0. The third-order valence-electron chi connectivity index (χ3n) is 1.58. The van der Waals surface area contributed by atoms with E-state index in [1.165, 1.54) is 6.08 Å². The van der Waals surface area contributed by atoms with Crippen LogP contribution in [0.2, 0.25) is 0 Å². The first-order valence-electron chi connectivity index (χ1n) is 4.35. The van der Waals surface area contributed by atoms with E-state index in [1.54, 1.807) is 18.7 Å². The zero-order valence-electron chi connectivity index (χ0n) is 7.69. The van der Waals surface area contributed by atoms with E-state index in [-0.39, 0.29) is 5.97 Å². The molecule has 0 radical (unpaired) electrons. The van der Waals surface area contributed by atoms with E-state index in [0.717, 1.165) is 19.0 Å². The molecule has 0 spiro atoms. The molecule has 1 rings (SSSR count). The van der Waals surface area contributed by atoms with Gasteiger partial charge >= 0.3 is 5.97 Å². The van der Waals surface area contributed by atoms with Gasteiger partial charge in [-0.05, 0) is 6.92 Å². The smallest absolute Gasteiger partial charge is 0.330 e. The Hall–Kier alpha value is -0.480. The minimum atomic E-state index is -0.257. The van der Waals surface area contributed by atoms with Gasteiger partial charge in [-0.25, -0.2) is 4.79 Å². The maximum atomic E-state index is 10.8. The second kappa shape index (κ2) is 6.05. The minimum Gasteiger partial charge on any atom is -0.463 e. The van der Waals surface area contributed by atoms with Gasteiger partial charge in [0.25, 0.3) is 0 Å². The van der Waals surface area contributed by atoms with Gasteiger partial charge in [0, 0.05) is 11.8 Å². The van der Waals surface area contributed by atoms with Gasteiger partial charge in [-0.1, -0.05) is 6.08 Å². The molecule has 74 valence electrons. The van der Waals surface area contributed by atoms with Crippen LogP contribution in [0.3, 0.4) is 0 Å². The summed E-state index contributed by atoms with van der Waals surface area (Å²) in [6.07, 6.45) is 3.32. The Balaban J connectivity index is 1.99. The van der Waals surface area contributed by atoms with Crippen molar-refractivity contribution in [2.75, 3.05) is 25.6 Å². The number of thioether (sulfide) groups is 1. The Labute approximate surface area is 82.5 Å². The van der Waals surface area contributed by atoms with Gasteiger partial charge in [0.2, 0.25) is 0 Å². The van der Waals surface area contributed by atoms with Crippen molar-refractivity contribution in [1.82, 2.24) is 0 Å². The molecule has 0 atom stereocenters. The van der Waals surface area contributed by atoms with E-state index >= 15 is 0 Å². The lowest BCUT2D eigenvalue weighted by atomic mass is 10.4. The van der Waals surface area contributed by atoms with Crippen LogP contribution >= 0.6 is 11.8 Å². The van der Waals surface area contributed by atoms with Crippen molar-refractivity contribution < 1.29 is 14.3 Å². The highest BCUT2D eigenvalue weighted by molar-refractivity contribution is 8.00. The van der Waals surface area contributed by atoms with E-state index in [1.807, 2.05) is 6.08 Å². The number of ether oxygens (including phenoxy) is 2. The molecule has 3 nitrogen and oxygen atoms in total. The van der Waals surface area contributed by atoms with Gasteiger partial charge in [0.1, 0.15) is 0 Å². The third-order valence-corrected chi connectivity index (χ3v) is 2.70. The van der Waals surface area contributed by atoms with Crippen LogP contribution in [-0.2, 0) is 14.3 Å². The molecule has 0 aromatic rings. The molecule has 1 aliphatic rings. The van der Waals surface area contributed by atoms with Gasteiger partial charge in [0.15, 0.2) is 0 Å². The predicted octanol–water partition coefficient (Wildman–Crippen LogP) is 1.24. The average molecular weight is 202 g/mol. The van der Waals surface area contributed by atoms with Crippen molar-refractivity contribution in [2.45, 2.75) is 12.2 Å². The van der Waals surface area contributed by atoms with E-state index < -0.39 is 0 Å². The molecule has 0 saturated carbocycles. The highest BCUT2D eigenvalue weighted by atomic mass is 32.2. The standard InChI is InChI=1S/C9H14O3S/c1-2-12-9(10)4-3-5-13-8-6-11-7-8/h3-4,8H,2,5-7H2,1H3/b4-3+. The van der Waals surface area contributed by atoms with Crippen LogP contribution in [0.5, 0.6) is 0 Å². The summed E-state index contributed by atoms with van der Waals surface area (Å²) in [5.74, 6) is 0.597. The van der Waals surface area contributed by atoms with Crippen molar-refractivity contribution >= 4 is 17.7 Å². The molecule has 4 heteroatoms. The summed E-state index contributed by atoms with van der Waals surface area (Å²) in [6.45, 7) is 3.93. The van der Waals surface area contributed by atoms with E-state index in [9.17, 15) is 4.79 Å². The van der Waals surface area contributed by atoms with Gasteiger partial charge in [-0.2, -0.15) is 0 Å². The first-order valence-corrected chi connectivity index (χ1v) is 5.40. The van der Waals surface area contributed by atoms with Crippen LogP contribution in [0.4, 0.5) is 0 Å². The molecule has 0 aromatic carbocycles. The highest BCUT2D eigenvalue weighted by Crippen LogP contribution is 2.18. The lowest BCUT2D eigenvalue weighted by Gasteiger charge is -2.24. The van der Waals surface area contributed by atoms with Gasteiger partial charge in [-0.15, -0.1) is 11.8 Å². The second-order valence-electron chi connectivity index (χ2n) is 2.65. The maximum Gasteiger partial charge on any atom is 0.330 e. The summed E-state index contributed by atoms with van der Waals surface area (Å²) >= 11 is 1.80. The molecule has 0 amide bonds. The Bertz CT molecular complexity index is 187. The summed E-state index contributed by atoms with van der Waals surface area (Å²) in [7, 11) is 0. The largest absolute Gasteiger partial charge is 0.463 e. The number of rotatable bonds is 5. The van der Waals surface area contributed by atoms with Crippen LogP contribution in [0, 0.1) is 0 Å². The van der Waals surface area contributed by atoms with E-state index in [0.29, 0.717) is 11.9 Å². The molecule has 1 aliphatic heterocycles. The predicted molar refractivity (Wildman–Crippen MR) is 52.8 cm³/mol. The average Bonchev–Trinajstić information content (AvgIpc) is 2.01. The summed E-state index contributed by atoms with van der Waals surface area (Å²) in [4.78, 5) is 10.8. The van der Waals surface area contributed by atoms with Gasteiger partial charge < -0.3 is 9.47 Å². The van der Waals surface area contributed by atoms with Crippen LogP contribution in [0.15, 0.2) is 12.2 Å². The Morgan fingerprint density at radius 1 is 1.69 bits per heavy atom. The molecule has 0 bridgehead atoms. The summed E-state index contributed by atoms with van der Waals surface area (Å²) < 4.78 is 9.74. The Morgan fingerprint density at radius 3 is 3.00 bits per heavy atom. The molecular weight excluding hydrogens is 188 g/mol. The normalized spacial score (nSPS) is 17.3. The fourth-order valence-corrected chi connectivity index (χ4v) is 1.70. The number of carbonyl (C=O) groups excluding carboxylic acids is 1. The number of carbonyl (C=O) groups is 1. The summed E-state index contributed by atoms with van der Waals surface area (Å²) in [6, 6.07) is 0. The van der Waals surface area contributed by atoms with E-state index in [2.05, 4.69) is 0 Å². The van der Waals surface area contributed by atoms with Crippen LogP contribution in [-0.4, -0.2) is 36.8 Å². The van der Waals surface area contributed by atoms with Crippen LogP contribution in [0.25, 0.3) is 0 Å². The summed E-state index contributed by atoms with van der Waals surface area (Å²) in [5, 5.41) is 0.617. The zero-order valence-corrected chi connectivity index (χ0v) is 8.51. The lowest BCUT2D eigenvalue weighted by Crippen LogP contribution is -2.30. The first-order chi connectivity index (χ1) is 6.33. The van der Waals surface area contributed by atoms with Crippen molar-refractivity contribution in [2.24, 2.45) is 0 Å². The molecular formula is C9H14O3S. The zero-order chi connectivity index (χ0) is 9.52. The molecule has 1 saturated heterocycles. The first kappa shape index (κ1) is 10.6. The molecule has 0 aliphatic carbocycles. The molecule has 0 aromatic heterocycles. The third kappa shape index (κ3) is 4.33. The van der Waals surface area contributed by atoms with Crippen molar-refractivity contribution in [1.29, 1.82) is 0 Å². The molecule has 13 heavy (non-hydrogen) atoms. The van der Waals surface area contributed by atoms with E-state index in [4.69, 9.17) is 9.47 Å². The van der Waals surface area contributed by atoms with Crippen molar-refractivity contribution in [3.05, 3.63) is 12.2 Å². The highest BCUT2D eigenvalue weighted by Gasteiger charge is 2.17. The number of hydrogen-bond acceptors (Lipinski definition) is 4. The lowest BCUT2D eigenvalue weighted by molar-refractivity contribution is -0.137. The Kier molecular flexibility index (Phi) is 4.93. The molecule has 0 N–H and O–H groups in total. The van der Waals surface area contributed by atoms with Gasteiger partial charge in [-0.3, -0.25) is 0 Å². The number of esters is 1.